The van der Waals surface area contributed by atoms with Gasteiger partial charge in [-0.3, -0.25) is 4.98 Å². The van der Waals surface area contributed by atoms with E-state index in [1.54, 1.807) is 30.3 Å². The van der Waals surface area contributed by atoms with Gasteiger partial charge in [0, 0.05) is 16.8 Å². The molecule has 0 atom stereocenters. The number of ether oxygens (including phenoxy) is 1. The Kier molecular flexibility index (Phi) is 3.31. The number of anilines is 1. The standard InChI is InChI=1S/C16H14N2O3/c1-10-3-2-4-13(18-10)9-20-16(19)15-8-11-7-12(17)5-6-14(11)21-15/h2-8H,9,17H2,1H3. The molecule has 0 saturated heterocycles. The molecule has 2 aromatic heterocycles. The molecule has 0 saturated carbocycles. The van der Waals surface area contributed by atoms with Gasteiger partial charge in [-0.05, 0) is 43.3 Å². The second-order valence-electron chi connectivity index (χ2n) is 4.75. The number of carbonyl (C=O) groups is 1. The van der Waals surface area contributed by atoms with Gasteiger partial charge in [0.25, 0.3) is 0 Å². The van der Waals surface area contributed by atoms with Crippen molar-refractivity contribution >= 4 is 22.6 Å². The van der Waals surface area contributed by atoms with E-state index in [2.05, 4.69) is 4.98 Å². The van der Waals surface area contributed by atoms with E-state index in [-0.39, 0.29) is 12.4 Å². The predicted molar refractivity (Wildman–Crippen MR) is 78.7 cm³/mol. The number of fused-ring (bicyclic) bond motifs is 1. The highest BCUT2D eigenvalue weighted by molar-refractivity contribution is 5.93. The topological polar surface area (TPSA) is 78.4 Å². The van der Waals surface area contributed by atoms with E-state index in [9.17, 15) is 4.79 Å². The number of rotatable bonds is 3. The first-order valence-corrected chi connectivity index (χ1v) is 6.50. The van der Waals surface area contributed by atoms with Crippen LogP contribution < -0.4 is 5.73 Å². The highest BCUT2D eigenvalue weighted by Crippen LogP contribution is 2.22. The maximum Gasteiger partial charge on any atom is 0.374 e. The number of aryl methyl sites for hydroxylation is 1. The Morgan fingerprint density at radius 1 is 1.29 bits per heavy atom. The minimum atomic E-state index is -0.520. The molecule has 3 rings (SSSR count). The SMILES string of the molecule is Cc1cccc(COC(=O)c2cc3cc(N)ccc3o2)n1. The fourth-order valence-electron chi connectivity index (χ4n) is 2.05. The normalized spacial score (nSPS) is 10.7. The van der Waals surface area contributed by atoms with Gasteiger partial charge in [0.1, 0.15) is 12.2 Å². The zero-order chi connectivity index (χ0) is 14.8. The van der Waals surface area contributed by atoms with Crippen LogP contribution in [0.5, 0.6) is 0 Å². The fraction of sp³-hybridized carbons (Fsp3) is 0.125. The van der Waals surface area contributed by atoms with Crippen LogP contribution in [0, 0.1) is 6.92 Å². The van der Waals surface area contributed by atoms with Gasteiger partial charge in [-0.25, -0.2) is 4.79 Å². The molecule has 2 N–H and O–H groups in total. The highest BCUT2D eigenvalue weighted by atomic mass is 16.5. The number of benzene rings is 1. The van der Waals surface area contributed by atoms with Crippen LogP contribution in [0.15, 0.2) is 46.9 Å². The van der Waals surface area contributed by atoms with E-state index in [0.717, 1.165) is 11.1 Å². The summed E-state index contributed by atoms with van der Waals surface area (Å²) in [5.41, 5.74) is 8.49. The van der Waals surface area contributed by atoms with Crippen LogP contribution in [0.3, 0.4) is 0 Å². The summed E-state index contributed by atoms with van der Waals surface area (Å²) in [6, 6.07) is 12.4. The number of nitrogen functional groups attached to an aromatic ring is 1. The van der Waals surface area contributed by atoms with E-state index < -0.39 is 5.97 Å². The third-order valence-corrected chi connectivity index (χ3v) is 3.04. The van der Waals surface area contributed by atoms with Crippen molar-refractivity contribution in [2.75, 3.05) is 5.73 Å². The molecule has 5 nitrogen and oxygen atoms in total. The molecule has 5 heteroatoms. The maximum absolute atomic E-state index is 12.0. The van der Waals surface area contributed by atoms with Crippen LogP contribution in [0.4, 0.5) is 5.69 Å². The molecule has 0 amide bonds. The molecule has 0 unspecified atom stereocenters. The second-order valence-corrected chi connectivity index (χ2v) is 4.75. The largest absolute Gasteiger partial charge is 0.453 e. The van der Waals surface area contributed by atoms with Crippen molar-refractivity contribution in [1.29, 1.82) is 0 Å². The van der Waals surface area contributed by atoms with Crippen molar-refractivity contribution in [3.05, 3.63) is 59.6 Å². The average molecular weight is 282 g/mol. The van der Waals surface area contributed by atoms with Gasteiger partial charge in [-0.15, -0.1) is 0 Å². The Labute approximate surface area is 121 Å². The Bertz CT molecular complexity index is 808. The lowest BCUT2D eigenvalue weighted by atomic mass is 10.2. The van der Waals surface area contributed by atoms with Crippen LogP contribution in [0.1, 0.15) is 21.9 Å². The molecule has 0 fully saturated rings. The lowest BCUT2D eigenvalue weighted by Crippen LogP contribution is -2.05. The average Bonchev–Trinajstić information content (AvgIpc) is 2.88. The molecular formula is C16H14N2O3. The first-order valence-electron chi connectivity index (χ1n) is 6.50. The van der Waals surface area contributed by atoms with Crippen molar-refractivity contribution in [3.8, 4) is 0 Å². The van der Waals surface area contributed by atoms with Crippen molar-refractivity contribution in [2.24, 2.45) is 0 Å². The van der Waals surface area contributed by atoms with Crippen LogP contribution >= 0.6 is 0 Å². The lowest BCUT2D eigenvalue weighted by Gasteiger charge is -2.02. The third kappa shape index (κ3) is 2.86. The second kappa shape index (κ2) is 5.28. The number of nitrogens with two attached hydrogens (primary N) is 1. The van der Waals surface area contributed by atoms with Crippen molar-refractivity contribution in [2.45, 2.75) is 13.5 Å². The number of hydrogen-bond donors (Lipinski definition) is 1. The maximum atomic E-state index is 12.0. The van der Waals surface area contributed by atoms with Crippen molar-refractivity contribution in [3.63, 3.8) is 0 Å². The number of pyridine rings is 1. The van der Waals surface area contributed by atoms with E-state index in [1.807, 2.05) is 19.1 Å². The molecule has 1 aromatic carbocycles. The van der Waals surface area contributed by atoms with E-state index in [4.69, 9.17) is 14.9 Å². The zero-order valence-corrected chi connectivity index (χ0v) is 11.5. The van der Waals surface area contributed by atoms with Gasteiger partial charge in [0.15, 0.2) is 0 Å². The summed E-state index contributed by atoms with van der Waals surface area (Å²) in [6.45, 7) is 1.99. The van der Waals surface area contributed by atoms with Gasteiger partial charge < -0.3 is 14.9 Å². The van der Waals surface area contributed by atoms with Gasteiger partial charge in [0.05, 0.1) is 5.69 Å². The molecule has 0 bridgehead atoms. The molecule has 106 valence electrons. The summed E-state index contributed by atoms with van der Waals surface area (Å²) in [5, 5.41) is 0.774. The number of hydrogen-bond acceptors (Lipinski definition) is 5. The quantitative estimate of drug-likeness (QED) is 0.590. The smallest absolute Gasteiger partial charge is 0.374 e. The Balaban J connectivity index is 1.74. The van der Waals surface area contributed by atoms with E-state index >= 15 is 0 Å². The van der Waals surface area contributed by atoms with E-state index in [0.29, 0.717) is 17.0 Å². The van der Waals surface area contributed by atoms with Crippen LogP contribution in [0.2, 0.25) is 0 Å². The third-order valence-electron chi connectivity index (χ3n) is 3.04. The number of aromatic nitrogens is 1. The van der Waals surface area contributed by atoms with Crippen LogP contribution in [-0.4, -0.2) is 11.0 Å². The molecule has 0 spiro atoms. The van der Waals surface area contributed by atoms with Crippen LogP contribution in [0.25, 0.3) is 11.0 Å². The van der Waals surface area contributed by atoms with Crippen LogP contribution in [-0.2, 0) is 11.3 Å². The van der Waals surface area contributed by atoms with Gasteiger partial charge in [-0.2, -0.15) is 0 Å². The summed E-state index contributed by atoms with van der Waals surface area (Å²) in [5.74, 6) is -0.365. The molecule has 2 heterocycles. The first-order chi connectivity index (χ1) is 10.1. The monoisotopic (exact) mass is 282 g/mol. The molecular weight excluding hydrogens is 268 g/mol. The molecule has 3 aromatic rings. The molecule has 0 aliphatic heterocycles. The van der Waals surface area contributed by atoms with E-state index in [1.165, 1.54) is 0 Å². The number of nitrogens with zero attached hydrogens (tertiary/aromatic N) is 1. The summed E-state index contributed by atoms with van der Waals surface area (Å²) in [7, 11) is 0. The number of esters is 1. The first kappa shape index (κ1) is 13.2. The predicted octanol–water partition coefficient (Wildman–Crippen LogP) is 3.08. The highest BCUT2D eigenvalue weighted by Gasteiger charge is 2.14. The molecule has 0 radical (unpaired) electrons. The summed E-state index contributed by atoms with van der Waals surface area (Å²) in [6.07, 6.45) is 0. The number of carbonyl (C=O) groups excluding carboxylic acids is 1. The van der Waals surface area contributed by atoms with Gasteiger partial charge >= 0.3 is 5.97 Å². The lowest BCUT2D eigenvalue weighted by molar-refractivity contribution is 0.0433. The summed E-state index contributed by atoms with van der Waals surface area (Å²) in [4.78, 5) is 16.3. The summed E-state index contributed by atoms with van der Waals surface area (Å²) < 4.78 is 10.6. The van der Waals surface area contributed by atoms with Crippen molar-refractivity contribution < 1.29 is 13.9 Å². The minimum Gasteiger partial charge on any atom is -0.453 e. The summed E-state index contributed by atoms with van der Waals surface area (Å²) >= 11 is 0. The molecule has 0 aliphatic carbocycles. The minimum absolute atomic E-state index is 0.111. The zero-order valence-electron chi connectivity index (χ0n) is 11.5. The van der Waals surface area contributed by atoms with Gasteiger partial charge in [-0.1, -0.05) is 6.07 Å². The van der Waals surface area contributed by atoms with Crippen molar-refractivity contribution in [1.82, 2.24) is 4.98 Å². The number of furan rings is 1. The molecule has 21 heavy (non-hydrogen) atoms. The molecule has 0 aliphatic rings. The Morgan fingerprint density at radius 2 is 2.14 bits per heavy atom. The fourth-order valence-corrected chi connectivity index (χ4v) is 2.05. The Morgan fingerprint density at radius 3 is 2.95 bits per heavy atom. The van der Waals surface area contributed by atoms with Gasteiger partial charge in [0.2, 0.25) is 5.76 Å². The Hall–Kier alpha value is -2.82.